The number of nitrogens with zero attached hydrogens (tertiary/aromatic N) is 1. The summed E-state index contributed by atoms with van der Waals surface area (Å²) in [7, 11) is 0. The zero-order valence-corrected chi connectivity index (χ0v) is 9.85. The zero-order valence-electron chi connectivity index (χ0n) is 9.85. The molecule has 4 nitrogen and oxygen atoms in total. The summed E-state index contributed by atoms with van der Waals surface area (Å²) in [5, 5.41) is 11.2. The molecular weight excluding hydrogens is 245 g/mol. The second-order valence-electron chi connectivity index (χ2n) is 3.88. The average molecular weight is 255 g/mol. The van der Waals surface area contributed by atoms with Gasteiger partial charge in [0.25, 0.3) is 5.91 Å². The molecule has 0 saturated heterocycles. The molecule has 2 rings (SSSR count). The van der Waals surface area contributed by atoms with Crippen LogP contribution < -0.4 is 11.1 Å². The van der Waals surface area contributed by atoms with E-state index in [1.165, 1.54) is 24.3 Å². The van der Waals surface area contributed by atoms with E-state index in [4.69, 9.17) is 11.0 Å². The van der Waals surface area contributed by atoms with Crippen LogP contribution in [0.15, 0.2) is 42.5 Å². The van der Waals surface area contributed by atoms with Crippen LogP contribution in [0.2, 0.25) is 0 Å². The fraction of sp³-hybridized carbons (Fsp3) is 0. The van der Waals surface area contributed by atoms with Crippen molar-refractivity contribution >= 4 is 17.3 Å². The van der Waals surface area contributed by atoms with Crippen LogP contribution in [0.5, 0.6) is 0 Å². The van der Waals surface area contributed by atoms with Gasteiger partial charge in [-0.15, -0.1) is 0 Å². The van der Waals surface area contributed by atoms with Gasteiger partial charge in [-0.25, -0.2) is 4.39 Å². The molecule has 0 radical (unpaired) electrons. The first kappa shape index (κ1) is 12.6. The summed E-state index contributed by atoms with van der Waals surface area (Å²) in [4.78, 5) is 11.9. The Morgan fingerprint density at radius 2 is 1.89 bits per heavy atom. The van der Waals surface area contributed by atoms with E-state index < -0.39 is 5.82 Å². The highest BCUT2D eigenvalue weighted by atomic mass is 19.1. The van der Waals surface area contributed by atoms with Gasteiger partial charge in [0.2, 0.25) is 0 Å². The number of rotatable bonds is 2. The van der Waals surface area contributed by atoms with E-state index in [1.54, 1.807) is 12.1 Å². The minimum atomic E-state index is -0.586. The van der Waals surface area contributed by atoms with Crippen LogP contribution in [-0.2, 0) is 0 Å². The monoisotopic (exact) mass is 255 g/mol. The van der Waals surface area contributed by atoms with Crippen molar-refractivity contribution in [2.24, 2.45) is 0 Å². The van der Waals surface area contributed by atoms with Crippen LogP contribution in [0.25, 0.3) is 0 Å². The first-order chi connectivity index (χ1) is 9.10. The second kappa shape index (κ2) is 5.19. The first-order valence-electron chi connectivity index (χ1n) is 5.46. The Hall–Kier alpha value is -2.87. The Balaban J connectivity index is 2.16. The van der Waals surface area contributed by atoms with Crippen molar-refractivity contribution in [1.29, 1.82) is 5.26 Å². The minimum Gasteiger partial charge on any atom is -0.396 e. The highest BCUT2D eigenvalue weighted by molar-refractivity contribution is 6.04. The van der Waals surface area contributed by atoms with Crippen LogP contribution in [0.1, 0.15) is 15.9 Å². The van der Waals surface area contributed by atoms with Crippen LogP contribution >= 0.6 is 0 Å². The first-order valence-corrected chi connectivity index (χ1v) is 5.46. The standard InChI is InChI=1S/C14H10FN3O/c15-12-7-11(5-6-13(12)17)18-14(19)10-3-1-9(8-16)2-4-10/h1-7H,17H2,(H,18,19). The Bertz CT molecular complexity index is 659. The summed E-state index contributed by atoms with van der Waals surface area (Å²) in [6, 6.07) is 12.1. The van der Waals surface area contributed by atoms with E-state index in [2.05, 4.69) is 5.32 Å². The predicted molar refractivity (Wildman–Crippen MR) is 69.9 cm³/mol. The number of carbonyl (C=O) groups excluding carboxylic acids is 1. The maximum atomic E-state index is 13.2. The van der Waals surface area contributed by atoms with Crippen LogP contribution in [0.4, 0.5) is 15.8 Å². The number of nitrogens with two attached hydrogens (primary N) is 1. The van der Waals surface area contributed by atoms with E-state index in [1.807, 2.05) is 6.07 Å². The molecule has 2 aromatic carbocycles. The van der Waals surface area contributed by atoms with Crippen molar-refractivity contribution < 1.29 is 9.18 Å². The molecule has 0 saturated carbocycles. The van der Waals surface area contributed by atoms with Crippen LogP contribution in [0, 0.1) is 17.1 Å². The van der Waals surface area contributed by atoms with E-state index >= 15 is 0 Å². The predicted octanol–water partition coefficient (Wildman–Crippen LogP) is 2.53. The lowest BCUT2D eigenvalue weighted by Crippen LogP contribution is -2.12. The lowest BCUT2D eigenvalue weighted by Gasteiger charge is -2.06. The van der Waals surface area contributed by atoms with Gasteiger partial charge in [0.1, 0.15) is 5.82 Å². The zero-order chi connectivity index (χ0) is 13.8. The molecule has 19 heavy (non-hydrogen) atoms. The van der Waals surface area contributed by atoms with Gasteiger partial charge < -0.3 is 11.1 Å². The second-order valence-corrected chi connectivity index (χ2v) is 3.88. The molecule has 0 heterocycles. The largest absolute Gasteiger partial charge is 0.396 e. The van der Waals surface area contributed by atoms with Crippen molar-refractivity contribution in [3.05, 3.63) is 59.4 Å². The lowest BCUT2D eigenvalue weighted by atomic mass is 10.1. The van der Waals surface area contributed by atoms with Crippen molar-refractivity contribution in [2.45, 2.75) is 0 Å². The van der Waals surface area contributed by atoms with Gasteiger partial charge in [0.05, 0.1) is 17.3 Å². The molecule has 0 spiro atoms. The summed E-state index contributed by atoms with van der Waals surface area (Å²) in [6.07, 6.45) is 0. The number of anilines is 2. The Morgan fingerprint density at radius 1 is 1.21 bits per heavy atom. The Kier molecular flexibility index (Phi) is 3.44. The number of hydrogen-bond donors (Lipinski definition) is 2. The summed E-state index contributed by atoms with van der Waals surface area (Å²) < 4.78 is 13.2. The number of nitrogens with one attached hydrogen (secondary N) is 1. The third-order valence-electron chi connectivity index (χ3n) is 2.53. The lowest BCUT2D eigenvalue weighted by molar-refractivity contribution is 0.102. The van der Waals surface area contributed by atoms with Crippen LogP contribution in [0.3, 0.4) is 0 Å². The number of nitriles is 1. The third kappa shape index (κ3) is 2.87. The third-order valence-corrected chi connectivity index (χ3v) is 2.53. The smallest absolute Gasteiger partial charge is 0.255 e. The SMILES string of the molecule is N#Cc1ccc(C(=O)Nc2ccc(N)c(F)c2)cc1. The van der Waals surface area contributed by atoms with Gasteiger partial charge in [-0.2, -0.15) is 5.26 Å². The number of carbonyl (C=O) groups is 1. The number of hydrogen-bond acceptors (Lipinski definition) is 3. The van der Waals surface area contributed by atoms with Crippen molar-refractivity contribution in [3.63, 3.8) is 0 Å². The van der Waals surface area contributed by atoms with E-state index in [-0.39, 0.29) is 11.6 Å². The molecule has 0 atom stereocenters. The summed E-state index contributed by atoms with van der Waals surface area (Å²) in [5.41, 5.74) is 6.54. The Morgan fingerprint density at radius 3 is 2.47 bits per heavy atom. The molecule has 0 unspecified atom stereocenters. The molecule has 5 heteroatoms. The fourth-order valence-electron chi connectivity index (χ4n) is 1.50. The van der Waals surface area contributed by atoms with Crippen LogP contribution in [-0.4, -0.2) is 5.91 Å². The molecule has 2 aromatic rings. The number of benzene rings is 2. The molecule has 0 fully saturated rings. The highest BCUT2D eigenvalue weighted by Crippen LogP contribution is 2.16. The van der Waals surface area contributed by atoms with E-state index in [0.29, 0.717) is 16.8 Å². The normalized spacial score (nSPS) is 9.68. The van der Waals surface area contributed by atoms with E-state index in [9.17, 15) is 9.18 Å². The maximum absolute atomic E-state index is 13.2. The van der Waals surface area contributed by atoms with Gasteiger partial charge in [-0.1, -0.05) is 0 Å². The topological polar surface area (TPSA) is 78.9 Å². The quantitative estimate of drug-likeness (QED) is 0.809. The van der Waals surface area contributed by atoms with Crippen molar-refractivity contribution in [1.82, 2.24) is 0 Å². The van der Waals surface area contributed by atoms with Crippen molar-refractivity contribution in [3.8, 4) is 6.07 Å². The van der Waals surface area contributed by atoms with Gasteiger partial charge >= 0.3 is 0 Å². The molecule has 0 aliphatic heterocycles. The molecular formula is C14H10FN3O. The molecule has 0 aliphatic carbocycles. The summed E-state index contributed by atoms with van der Waals surface area (Å²) in [6.45, 7) is 0. The fourth-order valence-corrected chi connectivity index (χ4v) is 1.50. The molecule has 1 amide bonds. The van der Waals surface area contributed by atoms with E-state index in [0.717, 1.165) is 6.07 Å². The van der Waals surface area contributed by atoms with Gasteiger partial charge in [-0.3, -0.25) is 4.79 Å². The van der Waals surface area contributed by atoms with Gasteiger partial charge in [-0.05, 0) is 42.5 Å². The molecule has 94 valence electrons. The van der Waals surface area contributed by atoms with Gasteiger partial charge in [0.15, 0.2) is 0 Å². The maximum Gasteiger partial charge on any atom is 0.255 e. The summed E-state index contributed by atoms with van der Waals surface area (Å²) in [5.74, 6) is -0.966. The number of amides is 1. The molecule has 3 N–H and O–H groups in total. The van der Waals surface area contributed by atoms with Crippen molar-refractivity contribution in [2.75, 3.05) is 11.1 Å². The molecule has 0 aromatic heterocycles. The van der Waals surface area contributed by atoms with Gasteiger partial charge in [0, 0.05) is 11.3 Å². The molecule has 0 bridgehead atoms. The minimum absolute atomic E-state index is 0.0244. The average Bonchev–Trinajstić information content (AvgIpc) is 2.43. The highest BCUT2D eigenvalue weighted by Gasteiger charge is 2.07. The number of nitrogen functional groups attached to an aromatic ring is 1. The Labute approximate surface area is 109 Å². The number of halogens is 1. The summed E-state index contributed by atoms with van der Waals surface area (Å²) >= 11 is 0. The molecule has 0 aliphatic rings.